The Balaban J connectivity index is 1.93. The number of aromatic nitrogens is 1. The van der Waals surface area contributed by atoms with E-state index in [9.17, 15) is 14.7 Å². The van der Waals surface area contributed by atoms with Crippen LogP contribution in [0.25, 0.3) is 10.9 Å². The third kappa shape index (κ3) is 2.06. The Labute approximate surface area is 119 Å². The number of carbonyl (C=O) groups excluding carboxylic acids is 1. The molecule has 1 aliphatic heterocycles. The molecule has 1 atom stereocenters. The fourth-order valence-electron chi connectivity index (χ4n) is 2.45. The molecule has 5 nitrogen and oxygen atoms in total. The molecule has 3 N–H and O–H groups in total. The molecular weight excluding hydrogens is 276 g/mol. The summed E-state index contributed by atoms with van der Waals surface area (Å²) >= 11 is 1.55. The van der Waals surface area contributed by atoms with Crippen LogP contribution in [0.5, 0.6) is 0 Å². The number of fused-ring (bicyclic) bond motifs is 1. The number of nitrogens with one attached hydrogen (secondary N) is 2. The summed E-state index contributed by atoms with van der Waals surface area (Å²) in [5.41, 5.74) is 0.226. The number of rotatable bonds is 3. The number of aromatic amines is 1. The molecule has 1 saturated heterocycles. The van der Waals surface area contributed by atoms with Crippen LogP contribution in [0.4, 0.5) is 0 Å². The molecule has 1 fully saturated rings. The Morgan fingerprint density at radius 1 is 1.35 bits per heavy atom. The van der Waals surface area contributed by atoms with Gasteiger partial charge in [-0.1, -0.05) is 6.07 Å². The molecule has 0 radical (unpaired) electrons. The molecule has 1 aromatic carbocycles. The molecule has 1 amide bonds. The Hall–Kier alpha value is -1.95. The Kier molecular flexibility index (Phi) is 3.17. The quantitative estimate of drug-likeness (QED) is 0.806. The van der Waals surface area contributed by atoms with Gasteiger partial charge in [-0.05, 0) is 30.4 Å². The molecule has 1 unspecified atom stereocenters. The van der Waals surface area contributed by atoms with E-state index in [4.69, 9.17) is 0 Å². The Morgan fingerprint density at radius 2 is 2.20 bits per heavy atom. The summed E-state index contributed by atoms with van der Waals surface area (Å²) < 4.78 is 0. The first-order chi connectivity index (χ1) is 9.62. The number of carboxylic acids is 1. The van der Waals surface area contributed by atoms with Crippen LogP contribution in [0.2, 0.25) is 0 Å². The van der Waals surface area contributed by atoms with Gasteiger partial charge in [0.1, 0.15) is 5.54 Å². The van der Waals surface area contributed by atoms with Crippen molar-refractivity contribution in [3.8, 4) is 0 Å². The summed E-state index contributed by atoms with van der Waals surface area (Å²) in [4.78, 5) is 26.9. The molecule has 6 heteroatoms. The first-order valence-electron chi connectivity index (χ1n) is 6.32. The zero-order valence-electron chi connectivity index (χ0n) is 10.7. The lowest BCUT2D eigenvalue weighted by Gasteiger charge is -2.24. The number of amides is 1. The van der Waals surface area contributed by atoms with E-state index in [0.29, 0.717) is 17.7 Å². The van der Waals surface area contributed by atoms with Gasteiger partial charge in [0.15, 0.2) is 0 Å². The number of H-pyrrole nitrogens is 1. The van der Waals surface area contributed by atoms with Crippen molar-refractivity contribution in [2.75, 3.05) is 11.5 Å². The summed E-state index contributed by atoms with van der Waals surface area (Å²) in [6.07, 6.45) is 2.22. The summed E-state index contributed by atoms with van der Waals surface area (Å²) in [6.45, 7) is 0. The maximum Gasteiger partial charge on any atom is 0.330 e. The summed E-state index contributed by atoms with van der Waals surface area (Å²) in [5, 5.41) is 12.9. The van der Waals surface area contributed by atoms with Crippen LogP contribution < -0.4 is 5.32 Å². The van der Waals surface area contributed by atoms with Crippen LogP contribution in [0.3, 0.4) is 0 Å². The van der Waals surface area contributed by atoms with Gasteiger partial charge in [-0.25, -0.2) is 4.79 Å². The first-order valence-corrected chi connectivity index (χ1v) is 7.48. The maximum absolute atomic E-state index is 12.4. The molecule has 1 aliphatic rings. The van der Waals surface area contributed by atoms with E-state index in [1.54, 1.807) is 30.1 Å². The third-order valence-corrected chi connectivity index (χ3v) is 4.81. The van der Waals surface area contributed by atoms with E-state index in [-0.39, 0.29) is 5.91 Å². The van der Waals surface area contributed by atoms with Crippen molar-refractivity contribution in [1.82, 2.24) is 10.3 Å². The molecule has 0 spiro atoms. The standard InChI is InChI=1S/C14H14N2O3S/c17-12(16-14(13(18)19)5-7-20-8-14)10-2-1-3-11-9(10)4-6-15-11/h1-4,6,15H,5,7-8H2,(H,16,17)(H,18,19). The number of hydrogen-bond acceptors (Lipinski definition) is 3. The molecule has 1 aromatic heterocycles. The third-order valence-electron chi connectivity index (χ3n) is 3.62. The SMILES string of the molecule is O=C(NC1(C(=O)O)CCSC1)c1cccc2[nH]ccc12. The fourth-order valence-corrected chi connectivity index (χ4v) is 3.78. The van der Waals surface area contributed by atoms with Crippen LogP contribution in [0.1, 0.15) is 16.8 Å². The van der Waals surface area contributed by atoms with Crippen molar-refractivity contribution in [3.05, 3.63) is 36.0 Å². The maximum atomic E-state index is 12.4. The summed E-state index contributed by atoms with van der Waals surface area (Å²) in [5.74, 6) is -0.129. The van der Waals surface area contributed by atoms with Gasteiger partial charge in [0.2, 0.25) is 0 Å². The zero-order chi connectivity index (χ0) is 14.2. The number of benzene rings is 1. The van der Waals surface area contributed by atoms with E-state index in [2.05, 4.69) is 10.3 Å². The lowest BCUT2D eigenvalue weighted by Crippen LogP contribution is -2.54. The van der Waals surface area contributed by atoms with Crippen molar-refractivity contribution >= 4 is 34.5 Å². The average Bonchev–Trinajstić information content (AvgIpc) is 3.06. The minimum absolute atomic E-state index is 0.333. The zero-order valence-corrected chi connectivity index (χ0v) is 11.5. The van der Waals surface area contributed by atoms with Gasteiger partial charge in [0.05, 0.1) is 0 Å². The molecule has 2 heterocycles. The highest BCUT2D eigenvalue weighted by atomic mass is 32.2. The second-order valence-corrected chi connectivity index (χ2v) is 5.99. The van der Waals surface area contributed by atoms with Gasteiger partial charge in [-0.2, -0.15) is 11.8 Å². The molecule has 0 bridgehead atoms. The van der Waals surface area contributed by atoms with E-state index in [1.165, 1.54) is 0 Å². The van der Waals surface area contributed by atoms with E-state index >= 15 is 0 Å². The van der Waals surface area contributed by atoms with E-state index in [0.717, 1.165) is 16.7 Å². The number of aliphatic carboxylic acids is 1. The largest absolute Gasteiger partial charge is 0.479 e. The molecule has 0 saturated carbocycles. The number of hydrogen-bond donors (Lipinski definition) is 3. The first kappa shape index (κ1) is 13.1. The van der Waals surface area contributed by atoms with Crippen molar-refractivity contribution in [2.45, 2.75) is 12.0 Å². The van der Waals surface area contributed by atoms with Crippen molar-refractivity contribution < 1.29 is 14.7 Å². The van der Waals surface area contributed by atoms with Crippen molar-refractivity contribution in [3.63, 3.8) is 0 Å². The van der Waals surface area contributed by atoms with E-state index in [1.807, 2.05) is 12.1 Å². The highest BCUT2D eigenvalue weighted by molar-refractivity contribution is 7.99. The van der Waals surface area contributed by atoms with Crippen LogP contribution in [-0.4, -0.2) is 39.0 Å². The fraction of sp³-hybridized carbons (Fsp3) is 0.286. The number of carbonyl (C=O) groups is 2. The Bertz CT molecular complexity index is 674. The second-order valence-electron chi connectivity index (χ2n) is 4.89. The average molecular weight is 290 g/mol. The molecule has 2 aromatic rings. The van der Waals surface area contributed by atoms with Gasteiger partial charge in [0, 0.05) is 28.4 Å². The second kappa shape index (κ2) is 4.86. The highest BCUT2D eigenvalue weighted by Crippen LogP contribution is 2.29. The minimum Gasteiger partial charge on any atom is -0.479 e. The topological polar surface area (TPSA) is 82.2 Å². The smallest absolute Gasteiger partial charge is 0.330 e. The van der Waals surface area contributed by atoms with Gasteiger partial charge in [0.25, 0.3) is 5.91 Å². The van der Waals surface area contributed by atoms with Gasteiger partial charge in [-0.15, -0.1) is 0 Å². The lowest BCUT2D eigenvalue weighted by atomic mass is 9.98. The predicted molar refractivity (Wildman–Crippen MR) is 78.1 cm³/mol. The van der Waals surface area contributed by atoms with Crippen LogP contribution in [0, 0.1) is 0 Å². The summed E-state index contributed by atoms with van der Waals surface area (Å²) in [7, 11) is 0. The van der Waals surface area contributed by atoms with Crippen molar-refractivity contribution in [2.24, 2.45) is 0 Å². The van der Waals surface area contributed by atoms with Crippen LogP contribution >= 0.6 is 11.8 Å². The lowest BCUT2D eigenvalue weighted by molar-refractivity contribution is -0.143. The predicted octanol–water partition coefficient (Wildman–Crippen LogP) is 1.86. The molecule has 0 aliphatic carbocycles. The number of carboxylic acid groups (broad SMARTS) is 1. The van der Waals surface area contributed by atoms with Crippen LogP contribution in [0.15, 0.2) is 30.5 Å². The van der Waals surface area contributed by atoms with Gasteiger partial charge < -0.3 is 15.4 Å². The number of thioether (sulfide) groups is 1. The van der Waals surface area contributed by atoms with Gasteiger partial charge >= 0.3 is 5.97 Å². The monoisotopic (exact) mass is 290 g/mol. The highest BCUT2D eigenvalue weighted by Gasteiger charge is 2.43. The molecule has 20 heavy (non-hydrogen) atoms. The Morgan fingerprint density at radius 3 is 2.90 bits per heavy atom. The normalized spacial score (nSPS) is 22.0. The summed E-state index contributed by atoms with van der Waals surface area (Å²) in [6, 6.07) is 7.19. The van der Waals surface area contributed by atoms with Crippen molar-refractivity contribution in [1.29, 1.82) is 0 Å². The van der Waals surface area contributed by atoms with Gasteiger partial charge in [-0.3, -0.25) is 4.79 Å². The molecular formula is C14H14N2O3S. The van der Waals surface area contributed by atoms with Crippen LogP contribution in [-0.2, 0) is 4.79 Å². The molecule has 3 rings (SSSR count). The minimum atomic E-state index is -1.14. The van der Waals surface area contributed by atoms with E-state index < -0.39 is 11.5 Å². The molecule has 104 valence electrons.